The molecule has 0 radical (unpaired) electrons. The van der Waals surface area contributed by atoms with E-state index in [9.17, 15) is 5.11 Å². The number of furan rings is 1. The summed E-state index contributed by atoms with van der Waals surface area (Å²) in [7, 11) is 0. The zero-order valence-corrected chi connectivity index (χ0v) is 12.2. The van der Waals surface area contributed by atoms with Crippen molar-refractivity contribution in [2.24, 2.45) is 0 Å². The Kier molecular flexibility index (Phi) is 3.08. The van der Waals surface area contributed by atoms with Crippen molar-refractivity contribution < 1.29 is 9.52 Å². The number of hydrogen-bond acceptors (Lipinski definition) is 4. The van der Waals surface area contributed by atoms with Crippen molar-refractivity contribution in [3.05, 3.63) is 46.3 Å². The van der Waals surface area contributed by atoms with Crippen molar-refractivity contribution in [2.45, 2.75) is 0 Å². The van der Waals surface area contributed by atoms with Gasteiger partial charge < -0.3 is 15.3 Å². The molecular formula is C14H10BrNO2S. The van der Waals surface area contributed by atoms with Gasteiger partial charge in [0.15, 0.2) is 11.5 Å². The van der Waals surface area contributed by atoms with Crippen LogP contribution in [0.2, 0.25) is 0 Å². The standard InChI is InChI=1S/C14H10BrNO2S/c15-9-4-1-3-8(7-9)11-12(17)13(18-14(11)16)10-5-2-6-19-10/h1-7,17H,16H2. The van der Waals surface area contributed by atoms with Crippen molar-refractivity contribution in [3.63, 3.8) is 0 Å². The molecule has 96 valence electrons. The number of rotatable bonds is 2. The molecule has 3 N–H and O–H groups in total. The van der Waals surface area contributed by atoms with Crippen molar-refractivity contribution >= 4 is 33.2 Å². The smallest absolute Gasteiger partial charge is 0.202 e. The number of anilines is 1. The van der Waals surface area contributed by atoms with Crippen LogP contribution in [0.4, 0.5) is 5.88 Å². The maximum Gasteiger partial charge on any atom is 0.202 e. The minimum atomic E-state index is 0.0815. The fraction of sp³-hybridized carbons (Fsp3) is 0. The fourth-order valence-corrected chi connectivity index (χ4v) is 3.04. The van der Waals surface area contributed by atoms with Crippen molar-refractivity contribution in [3.8, 4) is 27.5 Å². The Morgan fingerprint density at radius 2 is 2.05 bits per heavy atom. The second-order valence-corrected chi connectivity index (χ2v) is 5.87. The third kappa shape index (κ3) is 2.15. The molecule has 0 fully saturated rings. The molecule has 0 spiro atoms. The second-order valence-electron chi connectivity index (χ2n) is 4.01. The summed E-state index contributed by atoms with van der Waals surface area (Å²) in [5.74, 6) is 0.722. The summed E-state index contributed by atoms with van der Waals surface area (Å²) in [5, 5.41) is 12.3. The molecule has 0 saturated carbocycles. The molecule has 0 atom stereocenters. The molecule has 19 heavy (non-hydrogen) atoms. The zero-order valence-electron chi connectivity index (χ0n) is 9.76. The Morgan fingerprint density at radius 1 is 1.21 bits per heavy atom. The minimum Gasteiger partial charge on any atom is -0.504 e. The Hall–Kier alpha value is -1.72. The van der Waals surface area contributed by atoms with E-state index in [0.717, 1.165) is 14.9 Å². The molecule has 0 aliphatic carbocycles. The minimum absolute atomic E-state index is 0.0815. The maximum absolute atomic E-state index is 10.3. The molecule has 0 aliphatic rings. The van der Waals surface area contributed by atoms with Gasteiger partial charge >= 0.3 is 0 Å². The Labute approximate surface area is 122 Å². The third-order valence-corrected chi connectivity index (χ3v) is 4.13. The monoisotopic (exact) mass is 335 g/mol. The van der Waals surface area contributed by atoms with Crippen molar-refractivity contribution in [1.82, 2.24) is 0 Å². The van der Waals surface area contributed by atoms with Gasteiger partial charge in [-0.1, -0.05) is 34.1 Å². The second kappa shape index (κ2) is 4.75. The predicted octanol–water partition coefficient (Wildman–Crippen LogP) is 4.73. The normalized spacial score (nSPS) is 10.8. The number of hydrogen-bond donors (Lipinski definition) is 2. The van der Waals surface area contributed by atoms with Crippen LogP contribution in [0, 0.1) is 0 Å². The van der Waals surface area contributed by atoms with Crippen LogP contribution in [0.25, 0.3) is 21.8 Å². The van der Waals surface area contributed by atoms with Crippen LogP contribution in [-0.2, 0) is 0 Å². The van der Waals surface area contributed by atoms with E-state index in [1.165, 1.54) is 11.3 Å². The van der Waals surface area contributed by atoms with Gasteiger partial charge in [0, 0.05) is 4.47 Å². The molecule has 1 aromatic carbocycles. The Balaban J connectivity index is 2.18. The van der Waals surface area contributed by atoms with Crippen LogP contribution < -0.4 is 5.73 Å². The highest BCUT2D eigenvalue weighted by atomic mass is 79.9. The third-order valence-electron chi connectivity index (χ3n) is 2.77. The first-order valence-electron chi connectivity index (χ1n) is 5.58. The molecule has 0 unspecified atom stereocenters. The molecule has 0 amide bonds. The largest absolute Gasteiger partial charge is 0.504 e. The van der Waals surface area contributed by atoms with E-state index in [-0.39, 0.29) is 11.6 Å². The Bertz CT molecular complexity index is 719. The topological polar surface area (TPSA) is 59.4 Å². The first-order valence-corrected chi connectivity index (χ1v) is 7.25. The zero-order chi connectivity index (χ0) is 13.4. The van der Waals surface area contributed by atoms with Crippen LogP contribution in [0.5, 0.6) is 5.75 Å². The van der Waals surface area contributed by atoms with Gasteiger partial charge in [-0.15, -0.1) is 11.3 Å². The van der Waals surface area contributed by atoms with Gasteiger partial charge in [0.05, 0.1) is 10.4 Å². The number of benzene rings is 1. The molecule has 0 aliphatic heterocycles. The van der Waals surface area contributed by atoms with Gasteiger partial charge in [0.1, 0.15) is 0 Å². The maximum atomic E-state index is 10.3. The van der Waals surface area contributed by atoms with E-state index in [2.05, 4.69) is 15.9 Å². The molecule has 0 saturated heterocycles. The summed E-state index contributed by atoms with van der Waals surface area (Å²) in [4.78, 5) is 0.852. The number of aromatic hydroxyl groups is 1. The lowest BCUT2D eigenvalue weighted by Crippen LogP contribution is -1.84. The molecule has 2 aromatic heterocycles. The van der Waals surface area contributed by atoms with Gasteiger partial charge in [-0.25, -0.2) is 0 Å². The van der Waals surface area contributed by atoms with E-state index in [0.29, 0.717) is 11.3 Å². The summed E-state index contributed by atoms with van der Waals surface area (Å²) in [5.41, 5.74) is 7.24. The average Bonchev–Trinajstić information content (AvgIpc) is 2.97. The van der Waals surface area contributed by atoms with E-state index in [1.54, 1.807) is 0 Å². The summed E-state index contributed by atoms with van der Waals surface area (Å²) >= 11 is 4.90. The summed E-state index contributed by atoms with van der Waals surface area (Å²) < 4.78 is 6.43. The number of nitrogens with two attached hydrogens (primary N) is 1. The fourth-order valence-electron chi connectivity index (χ4n) is 1.94. The number of thiophene rings is 1. The van der Waals surface area contributed by atoms with Crippen LogP contribution >= 0.6 is 27.3 Å². The van der Waals surface area contributed by atoms with Gasteiger partial charge in [0.25, 0.3) is 0 Å². The highest BCUT2D eigenvalue weighted by Crippen LogP contribution is 2.46. The lowest BCUT2D eigenvalue weighted by molar-refractivity contribution is 0.467. The van der Waals surface area contributed by atoms with Crippen LogP contribution in [0.3, 0.4) is 0 Å². The van der Waals surface area contributed by atoms with Gasteiger partial charge in [-0.3, -0.25) is 0 Å². The summed E-state index contributed by atoms with van der Waals surface area (Å²) in [6.07, 6.45) is 0. The van der Waals surface area contributed by atoms with Gasteiger partial charge in [-0.2, -0.15) is 0 Å². The predicted molar refractivity (Wildman–Crippen MR) is 81.2 cm³/mol. The molecule has 5 heteroatoms. The van der Waals surface area contributed by atoms with Gasteiger partial charge in [-0.05, 0) is 29.1 Å². The van der Waals surface area contributed by atoms with E-state index in [4.69, 9.17) is 10.2 Å². The lowest BCUT2D eigenvalue weighted by Gasteiger charge is -2.00. The van der Waals surface area contributed by atoms with Crippen LogP contribution in [0.15, 0.2) is 50.7 Å². The number of halogens is 1. The summed E-state index contributed by atoms with van der Waals surface area (Å²) in [6, 6.07) is 11.3. The van der Waals surface area contributed by atoms with Crippen molar-refractivity contribution in [1.29, 1.82) is 0 Å². The summed E-state index contributed by atoms with van der Waals surface area (Å²) in [6.45, 7) is 0. The quantitative estimate of drug-likeness (QED) is 0.711. The van der Waals surface area contributed by atoms with E-state index < -0.39 is 0 Å². The molecule has 3 rings (SSSR count). The van der Waals surface area contributed by atoms with E-state index >= 15 is 0 Å². The van der Waals surface area contributed by atoms with E-state index in [1.807, 2.05) is 41.8 Å². The molecule has 3 aromatic rings. The first-order chi connectivity index (χ1) is 9.16. The van der Waals surface area contributed by atoms with Crippen LogP contribution in [0.1, 0.15) is 0 Å². The van der Waals surface area contributed by atoms with Crippen molar-refractivity contribution in [2.75, 3.05) is 5.73 Å². The highest BCUT2D eigenvalue weighted by Gasteiger charge is 2.21. The van der Waals surface area contributed by atoms with Crippen LogP contribution in [-0.4, -0.2) is 5.11 Å². The number of nitrogen functional groups attached to an aromatic ring is 1. The molecule has 3 nitrogen and oxygen atoms in total. The molecular weight excluding hydrogens is 326 g/mol. The lowest BCUT2D eigenvalue weighted by atomic mass is 10.1. The van der Waals surface area contributed by atoms with Gasteiger partial charge in [0.2, 0.25) is 5.88 Å². The highest BCUT2D eigenvalue weighted by molar-refractivity contribution is 9.10. The molecule has 2 heterocycles. The first kappa shape index (κ1) is 12.3. The SMILES string of the molecule is Nc1oc(-c2cccs2)c(O)c1-c1cccc(Br)c1. The molecule has 0 bridgehead atoms. The Morgan fingerprint density at radius 3 is 2.74 bits per heavy atom. The average molecular weight is 336 g/mol.